The van der Waals surface area contributed by atoms with Crippen LogP contribution >= 0.6 is 12.4 Å². The summed E-state index contributed by atoms with van der Waals surface area (Å²) in [6.45, 7) is 6.23. The summed E-state index contributed by atoms with van der Waals surface area (Å²) in [5, 5.41) is 10.2. The molecule has 2 aromatic rings. The first-order chi connectivity index (χ1) is 11.8. The zero-order chi connectivity index (χ0) is 18.2. The number of nitrogens with zero attached hydrogens (tertiary/aromatic N) is 2. The number of nitrogens with one attached hydrogen (secondary N) is 2. The van der Waals surface area contributed by atoms with Crippen molar-refractivity contribution < 1.29 is 18.7 Å². The number of hydrogen-bond donors (Lipinski definition) is 2. The Kier molecular flexibility index (Phi) is 5.68. The van der Waals surface area contributed by atoms with Crippen LogP contribution in [0.2, 0.25) is 0 Å². The van der Waals surface area contributed by atoms with Gasteiger partial charge in [0.05, 0.1) is 17.8 Å². The fraction of sp³-hybridized carbons (Fsp3) is 0.353. The van der Waals surface area contributed by atoms with Gasteiger partial charge in [0, 0.05) is 17.7 Å². The molecule has 0 bridgehead atoms. The second kappa shape index (κ2) is 7.43. The monoisotopic (exact) mass is 382 g/mol. The van der Waals surface area contributed by atoms with Gasteiger partial charge in [-0.1, -0.05) is 0 Å². The van der Waals surface area contributed by atoms with Gasteiger partial charge in [-0.15, -0.1) is 17.5 Å². The van der Waals surface area contributed by atoms with Crippen molar-refractivity contribution in [3.8, 4) is 0 Å². The van der Waals surface area contributed by atoms with Crippen molar-refractivity contribution in [2.24, 2.45) is 0 Å². The van der Waals surface area contributed by atoms with Crippen LogP contribution in [0.25, 0.3) is 0 Å². The van der Waals surface area contributed by atoms with Gasteiger partial charge in [0.2, 0.25) is 0 Å². The van der Waals surface area contributed by atoms with Crippen LogP contribution in [-0.4, -0.2) is 28.4 Å². The number of amides is 1. The second-order valence-electron chi connectivity index (χ2n) is 6.23. The predicted octanol–water partition coefficient (Wildman–Crippen LogP) is 3.04. The molecule has 2 N–H and O–H groups in total. The van der Waals surface area contributed by atoms with E-state index in [9.17, 15) is 14.0 Å². The summed E-state index contributed by atoms with van der Waals surface area (Å²) >= 11 is 0. The lowest BCUT2D eigenvalue weighted by Crippen LogP contribution is -2.34. The van der Waals surface area contributed by atoms with Gasteiger partial charge < -0.3 is 15.4 Å². The largest absolute Gasteiger partial charge is 0.448 e. The van der Waals surface area contributed by atoms with Gasteiger partial charge in [0.1, 0.15) is 5.82 Å². The van der Waals surface area contributed by atoms with Gasteiger partial charge in [-0.3, -0.25) is 4.79 Å². The van der Waals surface area contributed by atoms with Gasteiger partial charge in [-0.05, 0) is 45.0 Å². The van der Waals surface area contributed by atoms with Crippen molar-refractivity contribution >= 4 is 30.2 Å². The highest BCUT2D eigenvalue weighted by molar-refractivity contribution is 6.04. The number of benzene rings is 1. The lowest BCUT2D eigenvalue weighted by molar-refractivity contribution is 0.102. The van der Waals surface area contributed by atoms with E-state index in [0.29, 0.717) is 17.8 Å². The minimum atomic E-state index is -0.599. The third-order valence-corrected chi connectivity index (χ3v) is 4.06. The van der Waals surface area contributed by atoms with Gasteiger partial charge in [0.15, 0.2) is 5.82 Å². The maximum Gasteiger partial charge on any atom is 0.435 e. The van der Waals surface area contributed by atoms with Crippen molar-refractivity contribution in [2.75, 3.05) is 11.9 Å². The molecule has 0 spiro atoms. The number of anilines is 1. The van der Waals surface area contributed by atoms with Gasteiger partial charge >= 0.3 is 6.09 Å². The summed E-state index contributed by atoms with van der Waals surface area (Å²) in [6, 6.07) is 5.19. The summed E-state index contributed by atoms with van der Waals surface area (Å²) in [4.78, 5) is 24.6. The number of carbonyl (C=O) groups excluding carboxylic acids is 2. The minimum absolute atomic E-state index is 0. The Hall–Kier alpha value is -2.45. The molecule has 1 aromatic carbocycles. The molecule has 7 nitrogen and oxygen atoms in total. The molecular weight excluding hydrogens is 363 g/mol. The molecule has 3 rings (SSSR count). The van der Waals surface area contributed by atoms with E-state index in [0.717, 1.165) is 5.56 Å². The summed E-state index contributed by atoms with van der Waals surface area (Å²) in [5.74, 6) is -0.563. The Morgan fingerprint density at radius 3 is 2.62 bits per heavy atom. The highest BCUT2D eigenvalue weighted by atomic mass is 35.5. The number of ether oxygens (including phenoxy) is 1. The second-order valence-corrected chi connectivity index (χ2v) is 6.23. The molecule has 140 valence electrons. The van der Waals surface area contributed by atoms with Crippen LogP contribution in [0, 0.1) is 5.82 Å². The van der Waals surface area contributed by atoms with Crippen molar-refractivity contribution in [2.45, 2.75) is 32.9 Å². The Morgan fingerprint density at radius 1 is 1.35 bits per heavy atom. The molecule has 9 heteroatoms. The highest BCUT2D eigenvalue weighted by Gasteiger charge is 2.39. The zero-order valence-electron chi connectivity index (χ0n) is 14.6. The summed E-state index contributed by atoms with van der Waals surface area (Å²) in [5.41, 5.74) is 1.19. The number of fused-ring (bicyclic) bond motifs is 1. The van der Waals surface area contributed by atoms with E-state index in [2.05, 4.69) is 15.7 Å². The van der Waals surface area contributed by atoms with E-state index in [1.54, 1.807) is 6.92 Å². The molecule has 0 fully saturated rings. The van der Waals surface area contributed by atoms with E-state index >= 15 is 0 Å². The van der Waals surface area contributed by atoms with E-state index in [-0.39, 0.29) is 24.8 Å². The number of aromatic nitrogens is 2. The molecular formula is C17H20ClFN4O3. The van der Waals surface area contributed by atoms with Crippen LogP contribution in [0.3, 0.4) is 0 Å². The average Bonchev–Trinajstić information content (AvgIpc) is 3.07. The maximum absolute atomic E-state index is 13.0. The first-order valence-electron chi connectivity index (χ1n) is 7.95. The molecule has 0 unspecified atom stereocenters. The predicted molar refractivity (Wildman–Crippen MR) is 96.1 cm³/mol. The van der Waals surface area contributed by atoms with Crippen LogP contribution in [0.5, 0.6) is 0 Å². The minimum Gasteiger partial charge on any atom is -0.448 e. The molecule has 0 aliphatic carbocycles. The zero-order valence-corrected chi connectivity index (χ0v) is 15.4. The van der Waals surface area contributed by atoms with Crippen molar-refractivity contribution in [1.29, 1.82) is 0 Å². The van der Waals surface area contributed by atoms with Crippen molar-refractivity contribution in [1.82, 2.24) is 15.1 Å². The third kappa shape index (κ3) is 3.56. The standard InChI is InChI=1S/C17H19FN4O3.ClH/c1-4-25-16(24)22-13-12(9-19-17(13,2)3)14(21-22)20-15(23)10-5-7-11(18)8-6-10;/h5-8,19H,4,9H2,1-3H3,(H,20,21,23);1H. The summed E-state index contributed by atoms with van der Waals surface area (Å²) in [7, 11) is 0. The number of halogens is 2. The first kappa shape index (κ1) is 19.9. The number of hydrogen-bond acceptors (Lipinski definition) is 5. The lowest BCUT2D eigenvalue weighted by atomic mass is 10.0. The van der Waals surface area contributed by atoms with Gasteiger partial charge in [-0.25, -0.2) is 9.18 Å². The molecule has 0 radical (unpaired) electrons. The molecule has 1 aliphatic heterocycles. The van der Waals surface area contributed by atoms with Crippen LogP contribution < -0.4 is 10.6 Å². The van der Waals surface area contributed by atoms with Crippen molar-refractivity contribution in [3.05, 3.63) is 46.9 Å². The maximum atomic E-state index is 13.0. The highest BCUT2D eigenvalue weighted by Crippen LogP contribution is 2.35. The number of carbonyl (C=O) groups is 2. The average molecular weight is 383 g/mol. The molecule has 1 aliphatic rings. The lowest BCUT2D eigenvalue weighted by Gasteiger charge is -2.20. The molecule has 0 atom stereocenters. The van der Waals surface area contributed by atoms with Crippen molar-refractivity contribution in [3.63, 3.8) is 0 Å². The molecule has 1 amide bonds. The molecule has 2 heterocycles. The SMILES string of the molecule is CCOC(=O)n1nc(NC(=O)c2ccc(F)cc2)c2c1C(C)(C)NC2.Cl. The van der Waals surface area contributed by atoms with E-state index in [1.165, 1.54) is 28.9 Å². The molecule has 26 heavy (non-hydrogen) atoms. The molecule has 1 aromatic heterocycles. The van der Waals surface area contributed by atoms with Gasteiger partial charge in [-0.2, -0.15) is 4.68 Å². The van der Waals surface area contributed by atoms with Crippen LogP contribution in [0.4, 0.5) is 15.0 Å². The molecule has 0 saturated heterocycles. The fourth-order valence-electron chi connectivity index (χ4n) is 2.85. The third-order valence-electron chi connectivity index (χ3n) is 4.06. The van der Waals surface area contributed by atoms with Crippen LogP contribution in [0.15, 0.2) is 24.3 Å². The Balaban J connectivity index is 0.00000243. The van der Waals surface area contributed by atoms with Crippen LogP contribution in [-0.2, 0) is 16.8 Å². The van der Waals surface area contributed by atoms with E-state index in [4.69, 9.17) is 4.74 Å². The topological polar surface area (TPSA) is 85.2 Å². The van der Waals surface area contributed by atoms with E-state index in [1.807, 2.05) is 13.8 Å². The fourth-order valence-corrected chi connectivity index (χ4v) is 2.85. The number of rotatable bonds is 3. The quantitative estimate of drug-likeness (QED) is 0.852. The first-order valence-corrected chi connectivity index (χ1v) is 7.95. The Morgan fingerprint density at radius 2 is 2.00 bits per heavy atom. The smallest absolute Gasteiger partial charge is 0.435 e. The van der Waals surface area contributed by atoms with Crippen LogP contribution in [0.1, 0.15) is 42.4 Å². The van der Waals surface area contributed by atoms with E-state index < -0.39 is 23.4 Å². The molecule has 0 saturated carbocycles. The summed E-state index contributed by atoms with van der Waals surface area (Å²) in [6.07, 6.45) is -0.599. The summed E-state index contributed by atoms with van der Waals surface area (Å²) < 4.78 is 19.2. The van der Waals surface area contributed by atoms with Gasteiger partial charge in [0.25, 0.3) is 5.91 Å². The Labute approximate surface area is 156 Å². The normalized spacial score (nSPS) is 14.3. The Bertz CT molecular complexity index is 833.